The number of hydrogen-bond acceptors (Lipinski definition) is 2. The van der Waals surface area contributed by atoms with Gasteiger partial charge in [-0.25, -0.2) is 4.79 Å². The molecule has 92 valence electrons. The molecule has 0 aliphatic rings. The summed E-state index contributed by atoms with van der Waals surface area (Å²) < 4.78 is 0. The molecule has 1 aromatic carbocycles. The summed E-state index contributed by atoms with van der Waals surface area (Å²) in [7, 11) is 0. The fourth-order valence-corrected chi connectivity index (χ4v) is 1.60. The molecular formula is C13H12ClN3O. The van der Waals surface area contributed by atoms with Gasteiger partial charge in [0.25, 0.3) is 0 Å². The van der Waals surface area contributed by atoms with Crippen molar-refractivity contribution in [2.45, 2.75) is 6.54 Å². The Morgan fingerprint density at radius 1 is 1.17 bits per heavy atom. The Morgan fingerprint density at radius 2 is 1.89 bits per heavy atom. The number of urea groups is 1. The molecule has 0 saturated carbocycles. The van der Waals surface area contributed by atoms with Gasteiger partial charge < -0.3 is 10.6 Å². The zero-order chi connectivity index (χ0) is 12.8. The normalized spacial score (nSPS) is 9.83. The van der Waals surface area contributed by atoms with Gasteiger partial charge in [0.15, 0.2) is 0 Å². The molecule has 4 nitrogen and oxygen atoms in total. The van der Waals surface area contributed by atoms with Crippen molar-refractivity contribution < 1.29 is 4.79 Å². The molecule has 5 heteroatoms. The maximum atomic E-state index is 11.6. The zero-order valence-electron chi connectivity index (χ0n) is 9.56. The highest BCUT2D eigenvalue weighted by molar-refractivity contribution is 6.33. The predicted molar refractivity (Wildman–Crippen MR) is 71.5 cm³/mol. The van der Waals surface area contributed by atoms with E-state index in [0.717, 1.165) is 5.56 Å². The van der Waals surface area contributed by atoms with Crippen LogP contribution in [0.2, 0.25) is 5.02 Å². The Balaban J connectivity index is 1.88. The summed E-state index contributed by atoms with van der Waals surface area (Å²) in [6.07, 6.45) is 3.37. The number of aromatic nitrogens is 1. The van der Waals surface area contributed by atoms with Crippen LogP contribution in [0.5, 0.6) is 0 Å². The molecule has 2 N–H and O–H groups in total. The van der Waals surface area contributed by atoms with E-state index in [4.69, 9.17) is 11.6 Å². The topological polar surface area (TPSA) is 54.0 Å². The van der Waals surface area contributed by atoms with E-state index in [1.165, 1.54) is 0 Å². The lowest BCUT2D eigenvalue weighted by Gasteiger charge is -2.08. The monoisotopic (exact) mass is 261 g/mol. The summed E-state index contributed by atoms with van der Waals surface area (Å²) in [4.78, 5) is 15.5. The summed E-state index contributed by atoms with van der Waals surface area (Å²) in [5, 5.41) is 5.93. The smallest absolute Gasteiger partial charge is 0.319 e. The third-order valence-electron chi connectivity index (χ3n) is 2.32. The quantitative estimate of drug-likeness (QED) is 0.892. The lowest BCUT2D eigenvalue weighted by Crippen LogP contribution is -2.28. The van der Waals surface area contributed by atoms with Gasteiger partial charge in [-0.3, -0.25) is 4.98 Å². The maximum absolute atomic E-state index is 11.6. The van der Waals surface area contributed by atoms with E-state index < -0.39 is 0 Å². The van der Waals surface area contributed by atoms with Crippen LogP contribution in [0.1, 0.15) is 5.56 Å². The fourth-order valence-electron chi connectivity index (χ4n) is 1.41. The fraction of sp³-hybridized carbons (Fsp3) is 0.0769. The van der Waals surface area contributed by atoms with Crippen molar-refractivity contribution in [3.8, 4) is 0 Å². The highest BCUT2D eigenvalue weighted by Crippen LogP contribution is 2.19. The van der Waals surface area contributed by atoms with Gasteiger partial charge >= 0.3 is 6.03 Å². The summed E-state index contributed by atoms with van der Waals surface area (Å²) >= 11 is 5.93. The number of benzene rings is 1. The van der Waals surface area contributed by atoms with E-state index in [1.54, 1.807) is 24.5 Å². The molecule has 0 radical (unpaired) electrons. The number of carbonyl (C=O) groups excluding carboxylic acids is 1. The van der Waals surface area contributed by atoms with Gasteiger partial charge in [0.1, 0.15) is 0 Å². The van der Waals surface area contributed by atoms with Crippen LogP contribution in [0.15, 0.2) is 48.8 Å². The molecular weight excluding hydrogens is 250 g/mol. The Labute approximate surface area is 110 Å². The number of amides is 2. The Hall–Kier alpha value is -2.07. The molecule has 0 atom stereocenters. The summed E-state index contributed by atoms with van der Waals surface area (Å²) in [6.45, 7) is 0.443. The average Bonchev–Trinajstić information content (AvgIpc) is 2.40. The van der Waals surface area contributed by atoms with Crippen LogP contribution < -0.4 is 10.6 Å². The van der Waals surface area contributed by atoms with Gasteiger partial charge in [0.05, 0.1) is 10.7 Å². The zero-order valence-corrected chi connectivity index (χ0v) is 10.3. The van der Waals surface area contributed by atoms with Crippen molar-refractivity contribution in [2.24, 2.45) is 0 Å². The number of halogens is 1. The molecule has 2 aromatic rings. The molecule has 0 spiro atoms. The van der Waals surface area contributed by atoms with Gasteiger partial charge in [-0.05, 0) is 29.8 Å². The Kier molecular flexibility index (Phi) is 4.15. The molecule has 0 bridgehead atoms. The van der Waals surface area contributed by atoms with Gasteiger partial charge in [0, 0.05) is 18.9 Å². The van der Waals surface area contributed by atoms with Crippen molar-refractivity contribution in [1.29, 1.82) is 0 Å². The Bertz CT molecular complexity index is 531. The van der Waals surface area contributed by atoms with Crippen molar-refractivity contribution in [3.05, 3.63) is 59.4 Å². The maximum Gasteiger partial charge on any atom is 0.319 e. The van der Waals surface area contributed by atoms with E-state index in [0.29, 0.717) is 17.3 Å². The van der Waals surface area contributed by atoms with Crippen LogP contribution >= 0.6 is 11.6 Å². The second-order valence-corrected chi connectivity index (χ2v) is 4.05. The minimum atomic E-state index is -0.292. The first-order chi connectivity index (χ1) is 8.75. The first kappa shape index (κ1) is 12.4. The molecule has 0 aliphatic carbocycles. The van der Waals surface area contributed by atoms with Gasteiger partial charge in [-0.1, -0.05) is 23.7 Å². The highest BCUT2D eigenvalue weighted by Gasteiger charge is 2.04. The lowest BCUT2D eigenvalue weighted by atomic mass is 10.3. The summed E-state index contributed by atoms with van der Waals surface area (Å²) in [6, 6.07) is 10.5. The van der Waals surface area contributed by atoms with Crippen LogP contribution in [-0.2, 0) is 6.54 Å². The van der Waals surface area contributed by atoms with Crippen LogP contribution in [0, 0.1) is 0 Å². The molecule has 2 amide bonds. The third-order valence-corrected chi connectivity index (χ3v) is 2.65. The van der Waals surface area contributed by atoms with Crippen molar-refractivity contribution in [3.63, 3.8) is 0 Å². The molecule has 1 heterocycles. The average molecular weight is 262 g/mol. The molecule has 1 aromatic heterocycles. The first-order valence-corrected chi connectivity index (χ1v) is 5.82. The second kappa shape index (κ2) is 6.02. The molecule has 18 heavy (non-hydrogen) atoms. The van der Waals surface area contributed by atoms with Gasteiger partial charge in [0.2, 0.25) is 0 Å². The number of hydrogen-bond donors (Lipinski definition) is 2. The highest BCUT2D eigenvalue weighted by atomic mass is 35.5. The molecule has 0 aliphatic heterocycles. The molecule has 0 fully saturated rings. The van der Waals surface area contributed by atoms with E-state index >= 15 is 0 Å². The Morgan fingerprint density at radius 3 is 2.61 bits per heavy atom. The van der Waals surface area contributed by atoms with Gasteiger partial charge in [-0.15, -0.1) is 0 Å². The lowest BCUT2D eigenvalue weighted by molar-refractivity contribution is 0.251. The van der Waals surface area contributed by atoms with Crippen molar-refractivity contribution >= 4 is 23.3 Å². The van der Waals surface area contributed by atoms with E-state index in [2.05, 4.69) is 15.6 Å². The molecule has 0 unspecified atom stereocenters. The predicted octanol–water partition coefficient (Wildman–Crippen LogP) is 3.06. The van der Waals surface area contributed by atoms with Gasteiger partial charge in [-0.2, -0.15) is 0 Å². The van der Waals surface area contributed by atoms with Crippen LogP contribution in [-0.4, -0.2) is 11.0 Å². The first-order valence-electron chi connectivity index (χ1n) is 5.44. The number of nitrogens with one attached hydrogen (secondary N) is 2. The number of rotatable bonds is 3. The van der Waals surface area contributed by atoms with Crippen LogP contribution in [0.3, 0.4) is 0 Å². The van der Waals surface area contributed by atoms with E-state index in [-0.39, 0.29) is 6.03 Å². The number of para-hydroxylation sites is 1. The van der Waals surface area contributed by atoms with Crippen molar-refractivity contribution in [2.75, 3.05) is 5.32 Å². The molecule has 0 saturated heterocycles. The van der Waals surface area contributed by atoms with E-state index in [1.807, 2.05) is 24.3 Å². The van der Waals surface area contributed by atoms with E-state index in [9.17, 15) is 4.79 Å². The summed E-state index contributed by atoms with van der Waals surface area (Å²) in [5.41, 5.74) is 1.57. The third kappa shape index (κ3) is 3.46. The minimum absolute atomic E-state index is 0.292. The number of nitrogens with zero attached hydrogens (tertiary/aromatic N) is 1. The molecule has 2 rings (SSSR count). The number of carbonyl (C=O) groups is 1. The van der Waals surface area contributed by atoms with Crippen molar-refractivity contribution in [1.82, 2.24) is 10.3 Å². The SMILES string of the molecule is O=C(NCc1ccncc1)Nc1ccccc1Cl. The second-order valence-electron chi connectivity index (χ2n) is 3.64. The number of anilines is 1. The van der Waals surface area contributed by atoms with Crippen LogP contribution in [0.4, 0.5) is 10.5 Å². The minimum Gasteiger partial charge on any atom is -0.334 e. The number of pyridine rings is 1. The largest absolute Gasteiger partial charge is 0.334 e. The summed E-state index contributed by atoms with van der Waals surface area (Å²) in [5.74, 6) is 0. The standard InChI is InChI=1S/C13H12ClN3O/c14-11-3-1-2-4-12(11)17-13(18)16-9-10-5-7-15-8-6-10/h1-8H,9H2,(H2,16,17,18). The van der Waals surface area contributed by atoms with Crippen LogP contribution in [0.25, 0.3) is 0 Å².